The third-order valence-electron chi connectivity index (χ3n) is 4.06. The molecule has 0 radical (unpaired) electrons. The normalized spacial score (nSPS) is 19.6. The molecule has 0 aliphatic carbocycles. The lowest BCUT2D eigenvalue weighted by Gasteiger charge is -2.44. The van der Waals surface area contributed by atoms with Crippen molar-refractivity contribution in [1.82, 2.24) is 10.2 Å². The molecule has 0 aromatic heterocycles. The zero-order valence-electron chi connectivity index (χ0n) is 14.5. The number of carbonyl (C=O) groups excluding carboxylic acids is 1. The Morgan fingerprint density at radius 2 is 2.25 bits per heavy atom. The summed E-state index contributed by atoms with van der Waals surface area (Å²) in [5, 5.41) is 7.35. The summed E-state index contributed by atoms with van der Waals surface area (Å²) in [6.45, 7) is 6.98. The van der Waals surface area contributed by atoms with Crippen LogP contribution in [0, 0.1) is 0 Å². The summed E-state index contributed by atoms with van der Waals surface area (Å²) in [5.74, 6) is 0.506. The van der Waals surface area contributed by atoms with Crippen LogP contribution in [-0.4, -0.2) is 41.2 Å². The van der Waals surface area contributed by atoms with E-state index in [2.05, 4.69) is 36.3 Å². The van der Waals surface area contributed by atoms with Gasteiger partial charge in [-0.3, -0.25) is 4.79 Å². The number of nitrogens with one attached hydrogen (secondary N) is 2. The summed E-state index contributed by atoms with van der Waals surface area (Å²) in [6.07, 6.45) is 1.33. The third kappa shape index (κ3) is 4.74. The van der Waals surface area contributed by atoms with Crippen molar-refractivity contribution in [2.45, 2.75) is 45.2 Å². The first-order chi connectivity index (χ1) is 11.2. The number of methoxy groups -OCH3 is 1. The van der Waals surface area contributed by atoms with E-state index in [0.29, 0.717) is 40.6 Å². The number of anilines is 1. The predicted molar refractivity (Wildman–Crippen MR) is 102 cm³/mol. The first-order valence-electron chi connectivity index (χ1n) is 7.94. The largest absolute Gasteiger partial charge is 0.495 e. The van der Waals surface area contributed by atoms with Crippen LogP contribution in [0.25, 0.3) is 0 Å². The second-order valence-corrected chi connectivity index (χ2v) is 7.50. The molecular formula is C17H24ClN3O2S. The topological polar surface area (TPSA) is 53.6 Å². The Morgan fingerprint density at radius 1 is 1.54 bits per heavy atom. The summed E-state index contributed by atoms with van der Waals surface area (Å²) in [7, 11) is 1.55. The molecule has 1 saturated heterocycles. The fraction of sp³-hybridized carbons (Fsp3) is 0.529. The molecule has 132 valence electrons. The average Bonchev–Trinajstić information content (AvgIpc) is 2.45. The van der Waals surface area contributed by atoms with Crippen LogP contribution in [0.1, 0.15) is 33.6 Å². The minimum Gasteiger partial charge on any atom is -0.495 e. The molecule has 7 heteroatoms. The Kier molecular flexibility index (Phi) is 5.93. The Bertz CT molecular complexity index is 636. The van der Waals surface area contributed by atoms with Crippen LogP contribution in [0.15, 0.2) is 18.2 Å². The monoisotopic (exact) mass is 369 g/mol. The van der Waals surface area contributed by atoms with Crippen LogP contribution in [0.5, 0.6) is 5.75 Å². The smallest absolute Gasteiger partial charge is 0.226 e. The summed E-state index contributed by atoms with van der Waals surface area (Å²) >= 11 is 11.5. The van der Waals surface area contributed by atoms with E-state index in [1.54, 1.807) is 25.3 Å². The van der Waals surface area contributed by atoms with Gasteiger partial charge >= 0.3 is 0 Å². The van der Waals surface area contributed by atoms with Gasteiger partial charge in [-0.25, -0.2) is 0 Å². The number of hydrogen-bond donors (Lipinski definition) is 2. The van der Waals surface area contributed by atoms with Crippen molar-refractivity contribution in [1.29, 1.82) is 0 Å². The standard InChI is InChI=1S/C17H24ClN3O2S/c1-11-10-17(2,3)20-16(24)21(11)8-7-15(22)19-12-5-6-14(23-4)13(18)9-12/h5-6,9,11H,7-8,10H2,1-4H3,(H,19,22)(H,20,24). The summed E-state index contributed by atoms with van der Waals surface area (Å²) < 4.78 is 5.10. The quantitative estimate of drug-likeness (QED) is 0.779. The number of halogens is 1. The maximum absolute atomic E-state index is 12.2. The number of nitrogens with zero attached hydrogens (tertiary/aromatic N) is 1. The molecule has 0 spiro atoms. The highest BCUT2D eigenvalue weighted by molar-refractivity contribution is 7.80. The SMILES string of the molecule is COc1ccc(NC(=O)CCN2C(=S)NC(C)(C)CC2C)cc1Cl. The lowest BCUT2D eigenvalue weighted by molar-refractivity contribution is -0.116. The maximum atomic E-state index is 12.2. The van der Waals surface area contributed by atoms with Gasteiger partial charge in [-0.1, -0.05) is 11.6 Å². The van der Waals surface area contributed by atoms with Crippen LogP contribution in [0.3, 0.4) is 0 Å². The molecule has 0 saturated carbocycles. The molecular weight excluding hydrogens is 346 g/mol. The van der Waals surface area contributed by atoms with E-state index in [0.717, 1.165) is 6.42 Å². The summed E-state index contributed by atoms with van der Waals surface area (Å²) in [6, 6.07) is 5.47. The molecule has 1 unspecified atom stereocenters. The number of carbonyl (C=O) groups is 1. The van der Waals surface area contributed by atoms with Gasteiger partial charge in [-0.05, 0) is 57.6 Å². The first-order valence-corrected chi connectivity index (χ1v) is 8.72. The molecule has 5 nitrogen and oxygen atoms in total. The van der Waals surface area contributed by atoms with Gasteiger partial charge in [0.15, 0.2) is 5.11 Å². The van der Waals surface area contributed by atoms with Gasteiger partial charge in [-0.2, -0.15) is 0 Å². The number of thiocarbonyl (C=S) groups is 1. The molecule has 1 heterocycles. The molecule has 1 aromatic rings. The third-order valence-corrected chi connectivity index (χ3v) is 4.69. The summed E-state index contributed by atoms with van der Waals surface area (Å²) in [5.41, 5.74) is 0.647. The molecule has 1 aromatic carbocycles. The number of benzene rings is 1. The highest BCUT2D eigenvalue weighted by Crippen LogP contribution is 2.27. The Balaban J connectivity index is 1.89. The Morgan fingerprint density at radius 3 is 2.83 bits per heavy atom. The van der Waals surface area contributed by atoms with Crippen molar-refractivity contribution in [3.63, 3.8) is 0 Å². The molecule has 1 atom stereocenters. The number of hydrogen-bond acceptors (Lipinski definition) is 3. The highest BCUT2D eigenvalue weighted by Gasteiger charge is 2.32. The highest BCUT2D eigenvalue weighted by atomic mass is 35.5. The molecule has 1 aliphatic rings. The van der Waals surface area contributed by atoms with Gasteiger partial charge in [0.1, 0.15) is 5.75 Å². The van der Waals surface area contributed by atoms with Crippen LogP contribution in [0.2, 0.25) is 5.02 Å². The van der Waals surface area contributed by atoms with Gasteiger partial charge < -0.3 is 20.3 Å². The van der Waals surface area contributed by atoms with Crippen LogP contribution < -0.4 is 15.4 Å². The van der Waals surface area contributed by atoms with Crippen molar-refractivity contribution in [3.8, 4) is 5.75 Å². The minimum atomic E-state index is -0.0731. The number of amides is 1. The fourth-order valence-electron chi connectivity index (χ4n) is 2.97. The average molecular weight is 370 g/mol. The number of rotatable bonds is 5. The fourth-order valence-corrected chi connectivity index (χ4v) is 3.78. The van der Waals surface area contributed by atoms with Crippen molar-refractivity contribution < 1.29 is 9.53 Å². The Labute approximate surface area is 153 Å². The van der Waals surface area contributed by atoms with Gasteiger partial charge in [-0.15, -0.1) is 0 Å². The van der Waals surface area contributed by atoms with Gasteiger partial charge in [0.25, 0.3) is 0 Å². The van der Waals surface area contributed by atoms with Gasteiger partial charge in [0, 0.05) is 30.2 Å². The van der Waals surface area contributed by atoms with E-state index >= 15 is 0 Å². The molecule has 0 bridgehead atoms. The predicted octanol–water partition coefficient (Wildman–Crippen LogP) is 3.42. The second-order valence-electron chi connectivity index (χ2n) is 6.71. The van der Waals surface area contributed by atoms with Gasteiger partial charge in [0.05, 0.1) is 12.1 Å². The van der Waals surface area contributed by atoms with E-state index in [9.17, 15) is 4.79 Å². The van der Waals surface area contributed by atoms with Crippen molar-refractivity contribution in [3.05, 3.63) is 23.2 Å². The number of ether oxygens (including phenoxy) is 1. The second kappa shape index (κ2) is 7.57. The molecule has 24 heavy (non-hydrogen) atoms. The van der Waals surface area contributed by atoms with Crippen LogP contribution in [-0.2, 0) is 4.79 Å². The van der Waals surface area contributed by atoms with Crippen LogP contribution in [0.4, 0.5) is 5.69 Å². The molecule has 1 fully saturated rings. The Hall–Kier alpha value is -1.53. The van der Waals surface area contributed by atoms with E-state index in [-0.39, 0.29) is 11.4 Å². The van der Waals surface area contributed by atoms with E-state index in [4.69, 9.17) is 28.6 Å². The van der Waals surface area contributed by atoms with E-state index < -0.39 is 0 Å². The van der Waals surface area contributed by atoms with Crippen molar-refractivity contribution >= 4 is 40.5 Å². The molecule has 1 aliphatic heterocycles. The summed E-state index contributed by atoms with van der Waals surface area (Å²) in [4.78, 5) is 14.3. The van der Waals surface area contributed by atoms with E-state index in [1.807, 2.05) is 0 Å². The van der Waals surface area contributed by atoms with Crippen LogP contribution >= 0.6 is 23.8 Å². The molecule has 2 N–H and O–H groups in total. The maximum Gasteiger partial charge on any atom is 0.226 e. The zero-order valence-corrected chi connectivity index (χ0v) is 16.1. The molecule has 2 rings (SSSR count). The lowest BCUT2D eigenvalue weighted by atomic mass is 9.93. The zero-order chi connectivity index (χ0) is 17.9. The first kappa shape index (κ1) is 18.8. The lowest BCUT2D eigenvalue weighted by Crippen LogP contribution is -2.60. The van der Waals surface area contributed by atoms with Crippen molar-refractivity contribution in [2.24, 2.45) is 0 Å². The van der Waals surface area contributed by atoms with Gasteiger partial charge in [0.2, 0.25) is 5.91 Å². The minimum absolute atomic E-state index is 0.00486. The van der Waals surface area contributed by atoms with Crippen molar-refractivity contribution in [2.75, 3.05) is 19.0 Å². The molecule has 1 amide bonds. The van der Waals surface area contributed by atoms with E-state index in [1.165, 1.54) is 0 Å².